The number of halogens is 2. The highest BCUT2D eigenvalue weighted by molar-refractivity contribution is 6.37. The van der Waals surface area contributed by atoms with Gasteiger partial charge in [0.25, 0.3) is 0 Å². The van der Waals surface area contributed by atoms with Crippen LogP contribution in [0.25, 0.3) is 11.1 Å². The van der Waals surface area contributed by atoms with Gasteiger partial charge in [-0.1, -0.05) is 60.5 Å². The number of amides is 1. The van der Waals surface area contributed by atoms with Crippen LogP contribution in [0.1, 0.15) is 20.3 Å². The lowest BCUT2D eigenvalue weighted by Gasteiger charge is -2.15. The van der Waals surface area contributed by atoms with Crippen molar-refractivity contribution in [1.29, 1.82) is 0 Å². The maximum atomic E-state index is 11.6. The summed E-state index contributed by atoms with van der Waals surface area (Å²) in [7, 11) is 0. The van der Waals surface area contributed by atoms with E-state index >= 15 is 0 Å². The van der Waals surface area contributed by atoms with Gasteiger partial charge in [-0.15, -0.1) is 0 Å². The molecule has 0 saturated heterocycles. The summed E-state index contributed by atoms with van der Waals surface area (Å²) in [5, 5.41) is 3.23. The molecule has 0 heterocycles. The van der Waals surface area contributed by atoms with E-state index in [1.807, 2.05) is 30.3 Å². The highest BCUT2D eigenvalue weighted by Crippen LogP contribution is 2.41. The molecule has 0 atom stereocenters. The van der Waals surface area contributed by atoms with Crippen molar-refractivity contribution in [2.45, 2.75) is 20.3 Å². The SMILES string of the molecule is CCC(=O)Oc1cc(Cl)c(Oc2ccc(NC(C)=O)c(-c3ccccc3)c2)c(Cl)c1. The largest absolute Gasteiger partial charge is 0.454 e. The first-order valence-corrected chi connectivity index (χ1v) is 9.97. The summed E-state index contributed by atoms with van der Waals surface area (Å²) in [5.74, 6) is 0.391. The maximum Gasteiger partial charge on any atom is 0.310 e. The highest BCUT2D eigenvalue weighted by atomic mass is 35.5. The molecule has 7 heteroatoms. The summed E-state index contributed by atoms with van der Waals surface area (Å²) in [6.45, 7) is 3.14. The van der Waals surface area contributed by atoms with Crippen LogP contribution < -0.4 is 14.8 Å². The fraction of sp³-hybridized carbons (Fsp3) is 0.130. The van der Waals surface area contributed by atoms with Crippen LogP contribution in [0.4, 0.5) is 5.69 Å². The molecule has 0 unspecified atom stereocenters. The first-order valence-electron chi connectivity index (χ1n) is 9.22. The molecule has 3 aromatic rings. The third-order valence-corrected chi connectivity index (χ3v) is 4.66. The number of esters is 1. The van der Waals surface area contributed by atoms with Crippen molar-refractivity contribution in [3.8, 4) is 28.4 Å². The quantitative estimate of drug-likeness (QED) is 0.338. The first-order chi connectivity index (χ1) is 14.4. The third kappa shape index (κ3) is 5.32. The fourth-order valence-corrected chi connectivity index (χ4v) is 3.30. The lowest BCUT2D eigenvalue weighted by Crippen LogP contribution is -2.07. The Hall–Kier alpha value is -3.02. The zero-order valence-corrected chi connectivity index (χ0v) is 17.9. The molecular formula is C23H19Cl2NO4. The fourth-order valence-electron chi connectivity index (χ4n) is 2.76. The van der Waals surface area contributed by atoms with Crippen LogP contribution >= 0.6 is 23.2 Å². The topological polar surface area (TPSA) is 64.6 Å². The van der Waals surface area contributed by atoms with Crippen LogP contribution in [-0.2, 0) is 9.59 Å². The molecule has 0 aromatic heterocycles. The molecule has 0 aliphatic carbocycles. The van der Waals surface area contributed by atoms with Crippen LogP contribution in [0.15, 0.2) is 60.7 Å². The number of carbonyl (C=O) groups excluding carboxylic acids is 2. The number of hydrogen-bond donors (Lipinski definition) is 1. The van der Waals surface area contributed by atoms with Gasteiger partial charge in [-0.05, 0) is 23.8 Å². The van der Waals surface area contributed by atoms with Crippen molar-refractivity contribution in [2.24, 2.45) is 0 Å². The summed E-state index contributed by atoms with van der Waals surface area (Å²) in [4.78, 5) is 23.1. The summed E-state index contributed by atoms with van der Waals surface area (Å²) >= 11 is 12.6. The maximum absolute atomic E-state index is 11.6. The van der Waals surface area contributed by atoms with E-state index in [1.165, 1.54) is 19.1 Å². The minimum Gasteiger partial charge on any atom is -0.454 e. The van der Waals surface area contributed by atoms with Crippen LogP contribution in [-0.4, -0.2) is 11.9 Å². The van der Waals surface area contributed by atoms with E-state index in [0.29, 0.717) is 11.4 Å². The molecule has 0 bridgehead atoms. The monoisotopic (exact) mass is 443 g/mol. The van der Waals surface area contributed by atoms with E-state index < -0.39 is 5.97 Å². The smallest absolute Gasteiger partial charge is 0.310 e. The molecule has 1 N–H and O–H groups in total. The Morgan fingerprint density at radius 1 is 0.933 bits per heavy atom. The molecule has 0 spiro atoms. The van der Waals surface area contributed by atoms with E-state index in [1.54, 1.807) is 25.1 Å². The Balaban J connectivity index is 1.95. The molecule has 0 radical (unpaired) electrons. The number of hydrogen-bond acceptors (Lipinski definition) is 4. The average molecular weight is 444 g/mol. The van der Waals surface area contributed by atoms with Crippen molar-refractivity contribution >= 4 is 40.8 Å². The number of anilines is 1. The van der Waals surface area contributed by atoms with Crippen LogP contribution in [0.3, 0.4) is 0 Å². The van der Waals surface area contributed by atoms with E-state index in [-0.39, 0.29) is 33.9 Å². The first kappa shape index (κ1) is 21.7. The zero-order valence-electron chi connectivity index (χ0n) is 16.4. The Morgan fingerprint density at radius 3 is 2.20 bits per heavy atom. The van der Waals surface area contributed by atoms with Gasteiger partial charge in [0.2, 0.25) is 5.91 Å². The number of benzene rings is 3. The van der Waals surface area contributed by atoms with E-state index in [2.05, 4.69) is 5.32 Å². The molecule has 0 aliphatic rings. The van der Waals surface area contributed by atoms with E-state index in [4.69, 9.17) is 32.7 Å². The Labute approximate surface area is 184 Å². The molecule has 3 rings (SSSR count). The molecule has 30 heavy (non-hydrogen) atoms. The predicted octanol–water partition coefficient (Wildman–Crippen LogP) is 6.73. The standard InChI is InChI=1S/C23H19Cl2NO4/c1-3-22(28)29-17-12-19(24)23(20(25)13-17)30-16-9-10-21(26-14(2)27)18(11-16)15-7-5-4-6-8-15/h4-13H,3H2,1-2H3,(H,26,27). The summed E-state index contributed by atoms with van der Waals surface area (Å²) in [5.41, 5.74) is 2.34. The van der Waals surface area contributed by atoms with Crippen LogP contribution in [0.5, 0.6) is 17.2 Å². The van der Waals surface area contributed by atoms with Gasteiger partial charge in [0.15, 0.2) is 5.75 Å². The molecule has 1 amide bonds. The third-order valence-electron chi connectivity index (χ3n) is 4.10. The molecular weight excluding hydrogens is 425 g/mol. The van der Waals surface area contributed by atoms with Gasteiger partial charge < -0.3 is 14.8 Å². The predicted molar refractivity (Wildman–Crippen MR) is 119 cm³/mol. The zero-order chi connectivity index (χ0) is 21.7. The minimum atomic E-state index is -0.392. The Kier molecular flexibility index (Phi) is 6.98. The number of rotatable bonds is 6. The number of carbonyl (C=O) groups is 2. The van der Waals surface area contributed by atoms with Gasteiger partial charge in [0, 0.05) is 36.7 Å². The van der Waals surface area contributed by atoms with Crippen molar-refractivity contribution < 1.29 is 19.1 Å². The summed E-state index contributed by atoms with van der Waals surface area (Å²) in [6, 6.07) is 17.8. The van der Waals surface area contributed by atoms with Gasteiger partial charge >= 0.3 is 5.97 Å². The average Bonchev–Trinajstić information content (AvgIpc) is 2.72. The van der Waals surface area contributed by atoms with E-state index in [0.717, 1.165) is 11.1 Å². The van der Waals surface area contributed by atoms with E-state index in [9.17, 15) is 9.59 Å². The molecule has 0 aliphatic heterocycles. The van der Waals surface area contributed by atoms with Crippen molar-refractivity contribution in [2.75, 3.05) is 5.32 Å². The molecule has 5 nitrogen and oxygen atoms in total. The van der Waals surface area contributed by atoms with Gasteiger partial charge in [-0.3, -0.25) is 9.59 Å². The molecule has 0 saturated carbocycles. The Bertz CT molecular complexity index is 1060. The van der Waals surface area contributed by atoms with Gasteiger partial charge in [-0.25, -0.2) is 0 Å². The van der Waals surface area contributed by atoms with Gasteiger partial charge in [0.05, 0.1) is 10.0 Å². The highest BCUT2D eigenvalue weighted by Gasteiger charge is 2.15. The second kappa shape index (κ2) is 9.65. The molecule has 0 fully saturated rings. The molecule has 154 valence electrons. The minimum absolute atomic E-state index is 0.177. The van der Waals surface area contributed by atoms with Crippen molar-refractivity contribution in [3.63, 3.8) is 0 Å². The number of nitrogens with one attached hydrogen (secondary N) is 1. The Morgan fingerprint density at radius 2 is 1.60 bits per heavy atom. The van der Waals surface area contributed by atoms with Crippen molar-refractivity contribution in [1.82, 2.24) is 0 Å². The number of ether oxygens (including phenoxy) is 2. The second-order valence-electron chi connectivity index (χ2n) is 6.40. The van der Waals surface area contributed by atoms with Gasteiger partial charge in [0.1, 0.15) is 11.5 Å². The van der Waals surface area contributed by atoms with Crippen molar-refractivity contribution in [3.05, 3.63) is 70.7 Å². The second-order valence-corrected chi connectivity index (χ2v) is 7.21. The summed E-state index contributed by atoms with van der Waals surface area (Å²) < 4.78 is 11.1. The van der Waals surface area contributed by atoms with Crippen LogP contribution in [0, 0.1) is 0 Å². The normalized spacial score (nSPS) is 10.4. The van der Waals surface area contributed by atoms with Crippen LogP contribution in [0.2, 0.25) is 10.0 Å². The summed E-state index contributed by atoms with van der Waals surface area (Å²) in [6.07, 6.45) is 0.233. The molecule has 3 aromatic carbocycles. The van der Waals surface area contributed by atoms with Gasteiger partial charge in [-0.2, -0.15) is 0 Å². The lowest BCUT2D eigenvalue weighted by atomic mass is 10.0. The lowest BCUT2D eigenvalue weighted by molar-refractivity contribution is -0.134.